The van der Waals surface area contributed by atoms with E-state index < -0.39 is 0 Å². The first-order chi connectivity index (χ1) is 7.79. The van der Waals surface area contributed by atoms with Crippen molar-refractivity contribution < 1.29 is 4.42 Å². The fourth-order valence-electron chi connectivity index (χ4n) is 2.27. The number of nitrogens with zero attached hydrogens (tertiary/aromatic N) is 2. The summed E-state index contributed by atoms with van der Waals surface area (Å²) < 4.78 is 5.70. The number of likely N-dealkylation sites (N-methyl/N-ethyl adjacent to an activating group) is 1. The molecule has 0 aromatic carbocycles. The van der Waals surface area contributed by atoms with Crippen LogP contribution in [-0.4, -0.2) is 36.1 Å². The van der Waals surface area contributed by atoms with Crippen molar-refractivity contribution in [1.82, 2.24) is 9.88 Å². The first-order valence-corrected chi connectivity index (χ1v) is 6.13. The molecule has 1 aliphatic rings. The Morgan fingerprint density at radius 2 is 2.50 bits per heavy atom. The van der Waals surface area contributed by atoms with E-state index in [1.807, 2.05) is 6.20 Å². The lowest BCUT2D eigenvalue weighted by atomic mass is 10.1. The van der Waals surface area contributed by atoms with Crippen LogP contribution in [0.3, 0.4) is 0 Å². The number of aryl methyl sites for hydroxylation is 1. The van der Waals surface area contributed by atoms with E-state index in [1.165, 1.54) is 19.4 Å². The Morgan fingerprint density at radius 3 is 3.19 bits per heavy atom. The van der Waals surface area contributed by atoms with Gasteiger partial charge in [-0.2, -0.15) is 0 Å². The summed E-state index contributed by atoms with van der Waals surface area (Å²) in [4.78, 5) is 6.73. The van der Waals surface area contributed by atoms with Crippen LogP contribution in [-0.2, 0) is 12.8 Å². The summed E-state index contributed by atoms with van der Waals surface area (Å²) in [6, 6.07) is 0.612. The first-order valence-electron chi connectivity index (χ1n) is 6.13. The summed E-state index contributed by atoms with van der Waals surface area (Å²) in [7, 11) is 2.18. The highest BCUT2D eigenvalue weighted by molar-refractivity contribution is 4.97. The van der Waals surface area contributed by atoms with Crippen LogP contribution in [0.5, 0.6) is 0 Å². The molecule has 4 heteroatoms. The molecule has 2 rings (SSSR count). The van der Waals surface area contributed by atoms with Gasteiger partial charge in [-0.3, -0.25) is 0 Å². The van der Waals surface area contributed by atoms with Gasteiger partial charge in [0, 0.05) is 18.9 Å². The van der Waals surface area contributed by atoms with Crippen LogP contribution >= 0.6 is 0 Å². The summed E-state index contributed by atoms with van der Waals surface area (Å²) in [6.45, 7) is 1.91. The predicted octanol–water partition coefficient (Wildman–Crippen LogP) is 1.20. The summed E-state index contributed by atoms with van der Waals surface area (Å²) in [5, 5.41) is 0. The number of oxazole rings is 1. The van der Waals surface area contributed by atoms with Gasteiger partial charge in [-0.25, -0.2) is 4.98 Å². The fourth-order valence-corrected chi connectivity index (χ4v) is 2.27. The largest absolute Gasteiger partial charge is 0.446 e. The van der Waals surface area contributed by atoms with Crippen molar-refractivity contribution in [2.75, 3.05) is 20.1 Å². The summed E-state index contributed by atoms with van der Waals surface area (Å²) in [6.07, 6.45) is 7.22. The quantitative estimate of drug-likeness (QED) is 0.815. The van der Waals surface area contributed by atoms with Crippen molar-refractivity contribution in [1.29, 1.82) is 0 Å². The first kappa shape index (κ1) is 11.6. The average molecular weight is 223 g/mol. The Kier molecular flexibility index (Phi) is 3.96. The van der Waals surface area contributed by atoms with Crippen LogP contribution in [0.15, 0.2) is 10.6 Å². The number of rotatable bonds is 5. The Labute approximate surface area is 96.8 Å². The molecule has 4 nitrogen and oxygen atoms in total. The Bertz CT molecular complexity index is 324. The molecular formula is C12H21N3O. The van der Waals surface area contributed by atoms with E-state index in [2.05, 4.69) is 16.9 Å². The van der Waals surface area contributed by atoms with E-state index in [4.69, 9.17) is 10.2 Å². The van der Waals surface area contributed by atoms with Crippen LogP contribution in [0.1, 0.15) is 30.9 Å². The molecule has 1 atom stereocenters. The standard InChI is InChI=1S/C12H21N3O/c1-15-7-3-4-10(15)8-12-14-9-11(16-12)5-2-6-13/h9-10H,2-8,13H2,1H3. The molecule has 0 spiro atoms. The Morgan fingerprint density at radius 1 is 1.62 bits per heavy atom. The Balaban J connectivity index is 1.87. The van der Waals surface area contributed by atoms with Crippen LogP contribution in [0, 0.1) is 0 Å². The minimum absolute atomic E-state index is 0.612. The second kappa shape index (κ2) is 5.46. The van der Waals surface area contributed by atoms with Gasteiger partial charge in [0.25, 0.3) is 0 Å². The average Bonchev–Trinajstić information content (AvgIpc) is 2.87. The normalized spacial score (nSPS) is 21.8. The zero-order valence-corrected chi connectivity index (χ0v) is 9.98. The summed E-state index contributed by atoms with van der Waals surface area (Å²) >= 11 is 0. The third-order valence-corrected chi connectivity index (χ3v) is 3.31. The highest BCUT2D eigenvalue weighted by Gasteiger charge is 2.22. The highest BCUT2D eigenvalue weighted by Crippen LogP contribution is 2.19. The number of hydrogen-bond acceptors (Lipinski definition) is 4. The van der Waals surface area contributed by atoms with E-state index in [9.17, 15) is 0 Å². The highest BCUT2D eigenvalue weighted by atomic mass is 16.4. The van der Waals surface area contributed by atoms with Crippen molar-refractivity contribution in [3.8, 4) is 0 Å². The molecule has 16 heavy (non-hydrogen) atoms. The maximum absolute atomic E-state index is 5.70. The molecule has 1 saturated heterocycles. The van der Waals surface area contributed by atoms with Gasteiger partial charge < -0.3 is 15.1 Å². The lowest BCUT2D eigenvalue weighted by molar-refractivity contribution is 0.289. The van der Waals surface area contributed by atoms with E-state index in [-0.39, 0.29) is 0 Å². The molecule has 1 aromatic heterocycles. The predicted molar refractivity (Wildman–Crippen MR) is 63.2 cm³/mol. The minimum Gasteiger partial charge on any atom is -0.446 e. The van der Waals surface area contributed by atoms with Gasteiger partial charge in [0.05, 0.1) is 6.20 Å². The second-order valence-corrected chi connectivity index (χ2v) is 4.59. The molecule has 1 fully saturated rings. The van der Waals surface area contributed by atoms with Crippen LogP contribution in [0.25, 0.3) is 0 Å². The molecule has 0 saturated carbocycles. The third kappa shape index (κ3) is 2.83. The van der Waals surface area contributed by atoms with Gasteiger partial charge in [-0.05, 0) is 39.4 Å². The van der Waals surface area contributed by atoms with Crippen molar-refractivity contribution in [3.05, 3.63) is 17.8 Å². The molecule has 1 aliphatic heterocycles. The summed E-state index contributed by atoms with van der Waals surface area (Å²) in [5.41, 5.74) is 5.46. The molecule has 90 valence electrons. The minimum atomic E-state index is 0.612. The molecule has 2 N–H and O–H groups in total. The van der Waals surface area contributed by atoms with Gasteiger partial charge in [-0.1, -0.05) is 0 Å². The number of likely N-dealkylation sites (tertiary alicyclic amines) is 1. The number of hydrogen-bond donors (Lipinski definition) is 1. The monoisotopic (exact) mass is 223 g/mol. The van der Waals surface area contributed by atoms with Gasteiger partial charge in [0.2, 0.25) is 0 Å². The zero-order valence-electron chi connectivity index (χ0n) is 9.98. The number of nitrogens with two attached hydrogens (primary N) is 1. The molecule has 0 bridgehead atoms. The van der Waals surface area contributed by atoms with Crippen molar-refractivity contribution in [3.63, 3.8) is 0 Å². The smallest absolute Gasteiger partial charge is 0.195 e. The molecule has 1 unspecified atom stereocenters. The van der Waals surface area contributed by atoms with Gasteiger partial charge in [-0.15, -0.1) is 0 Å². The maximum Gasteiger partial charge on any atom is 0.195 e. The molecular weight excluding hydrogens is 202 g/mol. The Hall–Kier alpha value is -0.870. The second-order valence-electron chi connectivity index (χ2n) is 4.59. The van der Waals surface area contributed by atoms with Crippen molar-refractivity contribution in [2.45, 2.75) is 38.1 Å². The van der Waals surface area contributed by atoms with Crippen molar-refractivity contribution in [2.24, 2.45) is 5.73 Å². The molecule has 1 aromatic rings. The van der Waals surface area contributed by atoms with Gasteiger partial charge in [0.15, 0.2) is 5.89 Å². The lowest BCUT2D eigenvalue weighted by Crippen LogP contribution is -2.26. The van der Waals surface area contributed by atoms with Gasteiger partial charge in [0.1, 0.15) is 5.76 Å². The fraction of sp³-hybridized carbons (Fsp3) is 0.750. The zero-order chi connectivity index (χ0) is 11.4. The maximum atomic E-state index is 5.70. The van der Waals surface area contributed by atoms with E-state index in [0.717, 1.165) is 30.9 Å². The molecule has 2 heterocycles. The van der Waals surface area contributed by atoms with Gasteiger partial charge >= 0.3 is 0 Å². The number of aromatic nitrogens is 1. The third-order valence-electron chi connectivity index (χ3n) is 3.31. The summed E-state index contributed by atoms with van der Waals surface area (Å²) in [5.74, 6) is 1.85. The lowest BCUT2D eigenvalue weighted by Gasteiger charge is -2.17. The molecule has 0 amide bonds. The van der Waals surface area contributed by atoms with E-state index >= 15 is 0 Å². The molecule has 0 aliphatic carbocycles. The van der Waals surface area contributed by atoms with Crippen molar-refractivity contribution >= 4 is 0 Å². The topological polar surface area (TPSA) is 55.3 Å². The van der Waals surface area contributed by atoms with Crippen LogP contribution in [0.4, 0.5) is 0 Å². The van der Waals surface area contributed by atoms with Crippen LogP contribution in [0.2, 0.25) is 0 Å². The SMILES string of the molecule is CN1CCCC1Cc1ncc(CCCN)o1. The van der Waals surface area contributed by atoms with Crippen LogP contribution < -0.4 is 5.73 Å². The molecule has 0 radical (unpaired) electrons. The van der Waals surface area contributed by atoms with E-state index in [0.29, 0.717) is 12.6 Å². The van der Waals surface area contributed by atoms with E-state index in [1.54, 1.807) is 0 Å².